The number of methoxy groups -OCH3 is 1. The van der Waals surface area contributed by atoms with E-state index in [0.29, 0.717) is 41.5 Å². The number of ketones is 1. The third-order valence-corrected chi connectivity index (χ3v) is 6.23. The molecule has 5 rings (SSSR count). The minimum Gasteiger partial charge on any atom is -0.493 e. The maximum absolute atomic E-state index is 13.6. The summed E-state index contributed by atoms with van der Waals surface area (Å²) in [5.41, 5.74) is 3.49. The zero-order valence-corrected chi connectivity index (χ0v) is 18.8. The summed E-state index contributed by atoms with van der Waals surface area (Å²) in [5.74, 6) is 1.47. The predicted octanol–water partition coefficient (Wildman–Crippen LogP) is 4.53. The summed E-state index contributed by atoms with van der Waals surface area (Å²) in [6, 6.07) is 15.1. The van der Waals surface area contributed by atoms with E-state index in [1.807, 2.05) is 55.5 Å². The zero-order chi connectivity index (χ0) is 22.9. The molecular formula is C26H27N3O4. The molecule has 0 amide bonds. The summed E-state index contributed by atoms with van der Waals surface area (Å²) in [4.78, 5) is 26.7. The van der Waals surface area contributed by atoms with E-state index >= 15 is 0 Å². The highest BCUT2D eigenvalue weighted by molar-refractivity contribution is 6.01. The first kappa shape index (κ1) is 21.1. The molecule has 0 bridgehead atoms. The van der Waals surface area contributed by atoms with Gasteiger partial charge in [0, 0.05) is 23.6 Å². The van der Waals surface area contributed by atoms with E-state index in [0.717, 1.165) is 36.2 Å². The highest BCUT2D eigenvalue weighted by atomic mass is 16.5. The van der Waals surface area contributed by atoms with Crippen molar-refractivity contribution < 1.29 is 14.3 Å². The highest BCUT2D eigenvalue weighted by Crippen LogP contribution is 2.45. The van der Waals surface area contributed by atoms with Gasteiger partial charge in [0.25, 0.3) is 5.56 Å². The summed E-state index contributed by atoms with van der Waals surface area (Å²) < 4.78 is 12.9. The number of hydrogen-bond acceptors (Lipinski definition) is 5. The number of allylic oxidation sites excluding steroid dienone is 2. The number of H-pyrrole nitrogens is 1. The fraction of sp³-hybridized carbons (Fsp3) is 0.308. The zero-order valence-electron chi connectivity index (χ0n) is 18.8. The lowest BCUT2D eigenvalue weighted by Gasteiger charge is -2.31. The van der Waals surface area contributed by atoms with Crippen LogP contribution in [0.3, 0.4) is 0 Å². The second kappa shape index (κ2) is 8.65. The second-order valence-corrected chi connectivity index (χ2v) is 8.36. The van der Waals surface area contributed by atoms with Crippen molar-refractivity contribution in [2.24, 2.45) is 0 Å². The highest BCUT2D eigenvalue weighted by Gasteiger charge is 2.39. The Labute approximate surface area is 192 Å². The summed E-state index contributed by atoms with van der Waals surface area (Å²) >= 11 is 0. The number of carbonyl (C=O) groups is 1. The number of nitrogens with zero attached hydrogens (tertiary/aromatic N) is 1. The minimum atomic E-state index is -0.480. The van der Waals surface area contributed by atoms with Crippen LogP contribution in [0.5, 0.6) is 11.5 Å². The molecule has 1 aliphatic heterocycles. The largest absolute Gasteiger partial charge is 0.493 e. The number of ether oxygens (including phenoxy) is 2. The molecule has 2 aromatic carbocycles. The van der Waals surface area contributed by atoms with Crippen LogP contribution in [0.25, 0.3) is 5.69 Å². The summed E-state index contributed by atoms with van der Waals surface area (Å²) in [7, 11) is 1.60. The molecule has 1 aliphatic carbocycles. The van der Waals surface area contributed by atoms with Gasteiger partial charge in [0.1, 0.15) is 5.82 Å². The lowest BCUT2D eigenvalue weighted by atomic mass is 9.77. The van der Waals surface area contributed by atoms with Crippen LogP contribution in [0, 0.1) is 0 Å². The fourth-order valence-corrected chi connectivity index (χ4v) is 4.72. The number of nitrogens with one attached hydrogen (secondary N) is 2. The SMILES string of the molecule is CCCOc1ccc([C@@H]2C3=C(CCCC3=O)Nc3[nH]n(-c4ccccc4)c(=O)c32)cc1OC. The number of Topliss-reactive ketones (excluding diaryl/α,β-unsaturated/α-hetero) is 1. The van der Waals surface area contributed by atoms with E-state index in [1.165, 1.54) is 4.68 Å². The van der Waals surface area contributed by atoms with E-state index in [4.69, 9.17) is 9.47 Å². The molecule has 0 spiro atoms. The number of hydrogen-bond donors (Lipinski definition) is 2. The van der Waals surface area contributed by atoms with Crippen molar-refractivity contribution in [1.29, 1.82) is 0 Å². The van der Waals surface area contributed by atoms with Crippen LogP contribution in [0.15, 0.2) is 64.6 Å². The Kier molecular flexibility index (Phi) is 5.54. The van der Waals surface area contributed by atoms with E-state index in [9.17, 15) is 9.59 Å². The molecule has 0 saturated heterocycles. The molecule has 3 aromatic rings. The quantitative estimate of drug-likeness (QED) is 0.582. The first-order chi connectivity index (χ1) is 16.1. The molecule has 0 fully saturated rings. The summed E-state index contributed by atoms with van der Waals surface area (Å²) in [6.45, 7) is 2.63. The first-order valence-electron chi connectivity index (χ1n) is 11.4. The van der Waals surface area contributed by atoms with Gasteiger partial charge in [-0.15, -0.1) is 0 Å². The van der Waals surface area contributed by atoms with Crippen LogP contribution in [0.1, 0.15) is 49.7 Å². The van der Waals surface area contributed by atoms with Gasteiger partial charge in [0.2, 0.25) is 0 Å². The number of fused-ring (bicyclic) bond motifs is 1. The van der Waals surface area contributed by atoms with E-state index < -0.39 is 5.92 Å². The monoisotopic (exact) mass is 445 g/mol. The van der Waals surface area contributed by atoms with E-state index in [-0.39, 0.29) is 11.3 Å². The van der Waals surface area contributed by atoms with Gasteiger partial charge in [-0.2, -0.15) is 0 Å². The third kappa shape index (κ3) is 3.63. The molecule has 2 N–H and O–H groups in total. The maximum Gasteiger partial charge on any atom is 0.277 e. The van der Waals surface area contributed by atoms with Crippen molar-refractivity contribution in [2.45, 2.75) is 38.5 Å². The molecule has 1 aromatic heterocycles. The summed E-state index contributed by atoms with van der Waals surface area (Å²) in [5, 5.41) is 6.58. The number of rotatable bonds is 6. The number of aromatic nitrogens is 2. The average molecular weight is 446 g/mol. The maximum atomic E-state index is 13.6. The number of para-hydroxylation sites is 1. The van der Waals surface area contributed by atoms with Crippen LogP contribution in [-0.4, -0.2) is 29.3 Å². The van der Waals surface area contributed by atoms with Gasteiger partial charge >= 0.3 is 0 Å². The molecular weight excluding hydrogens is 418 g/mol. The van der Waals surface area contributed by atoms with Gasteiger partial charge in [-0.25, -0.2) is 4.68 Å². The van der Waals surface area contributed by atoms with Crippen molar-refractivity contribution in [3.63, 3.8) is 0 Å². The molecule has 2 heterocycles. The smallest absolute Gasteiger partial charge is 0.277 e. The number of anilines is 1. The molecule has 7 nitrogen and oxygen atoms in total. The average Bonchev–Trinajstić information content (AvgIpc) is 3.18. The van der Waals surface area contributed by atoms with Crippen molar-refractivity contribution in [3.05, 3.63) is 81.3 Å². The summed E-state index contributed by atoms with van der Waals surface area (Å²) in [6.07, 6.45) is 2.93. The number of aromatic amines is 1. The van der Waals surface area contributed by atoms with Gasteiger partial charge < -0.3 is 14.8 Å². The molecule has 170 valence electrons. The van der Waals surface area contributed by atoms with Gasteiger partial charge in [0.15, 0.2) is 17.3 Å². The molecule has 7 heteroatoms. The minimum absolute atomic E-state index is 0.0801. The van der Waals surface area contributed by atoms with E-state index in [2.05, 4.69) is 10.4 Å². The Bertz CT molecular complexity index is 1290. The number of benzene rings is 2. The molecule has 0 radical (unpaired) electrons. The Morgan fingerprint density at radius 3 is 2.64 bits per heavy atom. The Balaban J connectivity index is 1.68. The van der Waals surface area contributed by atoms with Crippen LogP contribution in [-0.2, 0) is 4.79 Å². The van der Waals surface area contributed by atoms with Crippen LogP contribution < -0.4 is 20.3 Å². The normalized spacial score (nSPS) is 17.3. The molecule has 0 saturated carbocycles. The third-order valence-electron chi connectivity index (χ3n) is 6.23. The predicted molar refractivity (Wildman–Crippen MR) is 127 cm³/mol. The second-order valence-electron chi connectivity index (χ2n) is 8.36. The van der Waals surface area contributed by atoms with Crippen molar-refractivity contribution in [2.75, 3.05) is 19.0 Å². The van der Waals surface area contributed by atoms with Gasteiger partial charge in [-0.1, -0.05) is 31.2 Å². The van der Waals surface area contributed by atoms with Crippen LogP contribution >= 0.6 is 0 Å². The van der Waals surface area contributed by atoms with Crippen molar-refractivity contribution in [3.8, 4) is 17.2 Å². The Hall–Kier alpha value is -3.74. The molecule has 2 aliphatic rings. The van der Waals surface area contributed by atoms with Gasteiger partial charge in [-0.3, -0.25) is 14.7 Å². The lowest BCUT2D eigenvalue weighted by Crippen LogP contribution is -2.29. The Morgan fingerprint density at radius 2 is 1.88 bits per heavy atom. The first-order valence-corrected chi connectivity index (χ1v) is 11.4. The van der Waals surface area contributed by atoms with E-state index in [1.54, 1.807) is 7.11 Å². The Morgan fingerprint density at radius 1 is 1.06 bits per heavy atom. The van der Waals surface area contributed by atoms with Gasteiger partial charge in [-0.05, 0) is 49.1 Å². The fourth-order valence-electron chi connectivity index (χ4n) is 4.72. The molecule has 33 heavy (non-hydrogen) atoms. The lowest BCUT2D eigenvalue weighted by molar-refractivity contribution is -0.116. The van der Waals surface area contributed by atoms with Crippen LogP contribution in [0.4, 0.5) is 5.82 Å². The van der Waals surface area contributed by atoms with Gasteiger partial charge in [0.05, 0.1) is 25.0 Å². The van der Waals surface area contributed by atoms with Crippen molar-refractivity contribution >= 4 is 11.6 Å². The van der Waals surface area contributed by atoms with Crippen LogP contribution in [0.2, 0.25) is 0 Å². The number of carbonyl (C=O) groups excluding carboxylic acids is 1. The van der Waals surface area contributed by atoms with Crippen molar-refractivity contribution in [1.82, 2.24) is 9.78 Å². The topological polar surface area (TPSA) is 85.4 Å². The molecule has 0 unspecified atom stereocenters. The standard InChI is InChI=1S/C26H27N3O4/c1-3-14-33-20-13-12-16(15-21(20)32-2)22-23-18(10-7-11-19(23)30)27-25-24(22)26(31)29(28-25)17-8-5-4-6-9-17/h4-6,8-9,12-13,15,22,27-28H,3,7,10-11,14H2,1-2H3/t22-/m1/s1. The molecule has 1 atom stereocenters.